The molecule has 0 unspecified atom stereocenters. The molecule has 1 amide bonds. The third-order valence-electron chi connectivity index (χ3n) is 5.35. The van der Waals surface area contributed by atoms with Gasteiger partial charge in [-0.3, -0.25) is 4.79 Å². The minimum Gasteiger partial charge on any atom is -0.383 e. The number of hydrogen-bond donors (Lipinski definition) is 1. The van der Waals surface area contributed by atoms with Gasteiger partial charge in [-0.25, -0.2) is 0 Å². The Labute approximate surface area is 188 Å². The summed E-state index contributed by atoms with van der Waals surface area (Å²) in [6, 6.07) is 13.0. The van der Waals surface area contributed by atoms with Crippen molar-refractivity contribution in [2.24, 2.45) is 5.92 Å². The average Bonchev–Trinajstić information content (AvgIpc) is 2.73. The summed E-state index contributed by atoms with van der Waals surface area (Å²) in [5.41, 5.74) is 2.61. The van der Waals surface area contributed by atoms with Gasteiger partial charge in [0.15, 0.2) is 0 Å². The van der Waals surface area contributed by atoms with Gasteiger partial charge in [-0.1, -0.05) is 55.1 Å². The molecule has 1 saturated heterocycles. The molecular weight excluding hydrogens is 419 g/mol. The molecule has 2 aromatic rings. The lowest BCUT2D eigenvalue weighted by Crippen LogP contribution is -2.53. The fraction of sp³-hybridized carbons (Fsp3) is 0.375. The topological polar surface area (TPSA) is 43.8 Å². The molecule has 2 aromatic carbocycles. The normalized spacial score (nSPS) is 17.7. The lowest BCUT2D eigenvalue weighted by atomic mass is 9.99. The highest BCUT2D eigenvalue weighted by atomic mass is 35.5. The molecular formula is C24H26Cl2N2O2. The molecule has 2 atom stereocenters. The van der Waals surface area contributed by atoms with Crippen molar-refractivity contribution >= 4 is 34.8 Å². The van der Waals surface area contributed by atoms with Gasteiger partial charge in [0.2, 0.25) is 0 Å². The molecule has 0 radical (unpaired) electrons. The number of carbonyl (C=O) groups excluding carboxylic acids is 1. The minimum atomic E-state index is -0.985. The average molecular weight is 445 g/mol. The molecule has 0 bridgehead atoms. The van der Waals surface area contributed by atoms with Gasteiger partial charge in [0.1, 0.15) is 6.10 Å². The molecule has 6 heteroatoms. The fourth-order valence-electron chi connectivity index (χ4n) is 3.83. The predicted octanol–water partition coefficient (Wildman–Crippen LogP) is 4.77. The summed E-state index contributed by atoms with van der Waals surface area (Å²) in [5.74, 6) is 2.61. The van der Waals surface area contributed by atoms with E-state index in [0.29, 0.717) is 36.1 Å². The first-order valence-electron chi connectivity index (χ1n) is 10.0. The molecule has 1 aliphatic rings. The lowest BCUT2D eigenvalue weighted by molar-refractivity contribution is -0.141. The standard InChI is InChI=1S/C24H26Cl2N2O2/c1-4-17-5-10-21(20(26)14-17)28-12-11-27(24(30)23(29)13-16(2)3)15-22(28)18-6-8-19(25)9-7-18/h1,5-10,14,16,22-23,29H,11-13,15H2,2-3H3/t22-,23-/m0/s1. The highest BCUT2D eigenvalue weighted by molar-refractivity contribution is 6.33. The molecule has 30 heavy (non-hydrogen) atoms. The van der Waals surface area contributed by atoms with Crippen molar-refractivity contribution in [1.82, 2.24) is 4.90 Å². The molecule has 1 N–H and O–H groups in total. The molecule has 0 aliphatic carbocycles. The molecule has 0 spiro atoms. The zero-order valence-corrected chi connectivity index (χ0v) is 18.7. The van der Waals surface area contributed by atoms with Crippen LogP contribution in [0.25, 0.3) is 0 Å². The summed E-state index contributed by atoms with van der Waals surface area (Å²) in [4.78, 5) is 16.8. The van der Waals surface area contributed by atoms with Crippen LogP contribution in [0.3, 0.4) is 0 Å². The zero-order chi connectivity index (χ0) is 21.8. The summed E-state index contributed by atoms with van der Waals surface area (Å²) in [7, 11) is 0. The number of halogens is 2. The number of aliphatic hydroxyl groups excluding tert-OH is 1. The Bertz CT molecular complexity index is 937. The third-order valence-corrected chi connectivity index (χ3v) is 5.91. The van der Waals surface area contributed by atoms with Crippen LogP contribution < -0.4 is 4.90 Å². The van der Waals surface area contributed by atoms with Crippen molar-refractivity contribution in [1.29, 1.82) is 0 Å². The van der Waals surface area contributed by atoms with E-state index in [0.717, 1.165) is 16.8 Å². The van der Waals surface area contributed by atoms with Gasteiger partial charge < -0.3 is 14.9 Å². The summed E-state index contributed by atoms with van der Waals surface area (Å²) < 4.78 is 0. The summed E-state index contributed by atoms with van der Waals surface area (Å²) in [6.07, 6.45) is 4.95. The summed E-state index contributed by atoms with van der Waals surface area (Å²) in [5, 5.41) is 11.6. The number of nitrogens with zero attached hydrogens (tertiary/aromatic N) is 2. The van der Waals surface area contributed by atoms with Crippen LogP contribution in [0.1, 0.15) is 37.4 Å². The van der Waals surface area contributed by atoms with E-state index in [2.05, 4.69) is 10.8 Å². The molecule has 0 saturated carbocycles. The van der Waals surface area contributed by atoms with Crippen LogP contribution >= 0.6 is 23.2 Å². The van der Waals surface area contributed by atoms with E-state index in [1.807, 2.05) is 50.2 Å². The van der Waals surface area contributed by atoms with E-state index in [4.69, 9.17) is 29.6 Å². The Morgan fingerprint density at radius 3 is 2.50 bits per heavy atom. The van der Waals surface area contributed by atoms with E-state index in [1.165, 1.54) is 0 Å². The van der Waals surface area contributed by atoms with Crippen LogP contribution in [0.2, 0.25) is 10.0 Å². The van der Waals surface area contributed by atoms with Gasteiger partial charge >= 0.3 is 0 Å². The Balaban J connectivity index is 1.91. The number of hydrogen-bond acceptors (Lipinski definition) is 3. The van der Waals surface area contributed by atoms with E-state index in [9.17, 15) is 9.90 Å². The second-order valence-electron chi connectivity index (χ2n) is 8.00. The monoisotopic (exact) mass is 444 g/mol. The highest BCUT2D eigenvalue weighted by Crippen LogP contribution is 2.36. The van der Waals surface area contributed by atoms with Crippen LogP contribution in [0, 0.1) is 18.3 Å². The number of carbonyl (C=O) groups is 1. The predicted molar refractivity (Wildman–Crippen MR) is 123 cm³/mol. The second-order valence-corrected chi connectivity index (χ2v) is 8.84. The largest absolute Gasteiger partial charge is 0.383 e. The van der Waals surface area contributed by atoms with Crippen LogP contribution in [-0.4, -0.2) is 41.7 Å². The number of amides is 1. The van der Waals surface area contributed by atoms with Gasteiger partial charge in [-0.15, -0.1) is 6.42 Å². The number of piperazine rings is 1. The van der Waals surface area contributed by atoms with Crippen LogP contribution in [0.5, 0.6) is 0 Å². The first-order chi connectivity index (χ1) is 14.3. The first-order valence-corrected chi connectivity index (χ1v) is 10.8. The summed E-state index contributed by atoms with van der Waals surface area (Å²) >= 11 is 12.6. The minimum absolute atomic E-state index is 0.125. The quantitative estimate of drug-likeness (QED) is 0.675. The Hall–Kier alpha value is -2.19. The maximum Gasteiger partial charge on any atom is 0.251 e. The SMILES string of the molecule is C#Cc1ccc(N2CCN(C(=O)[C@@H](O)CC(C)C)C[C@H]2c2ccc(Cl)cc2)c(Cl)c1. The number of rotatable bonds is 5. The number of benzene rings is 2. The van der Waals surface area contributed by atoms with Crippen LogP contribution in [0.4, 0.5) is 5.69 Å². The van der Waals surface area contributed by atoms with Gasteiger partial charge in [0, 0.05) is 30.2 Å². The van der Waals surface area contributed by atoms with E-state index in [-0.39, 0.29) is 17.9 Å². The smallest absolute Gasteiger partial charge is 0.251 e. The van der Waals surface area contributed by atoms with Crippen LogP contribution in [-0.2, 0) is 4.79 Å². The number of terminal acetylenes is 1. The molecule has 1 aliphatic heterocycles. The van der Waals surface area contributed by atoms with Gasteiger partial charge in [-0.2, -0.15) is 0 Å². The van der Waals surface area contributed by atoms with Gasteiger partial charge in [0.05, 0.1) is 16.8 Å². The van der Waals surface area contributed by atoms with Crippen LogP contribution in [0.15, 0.2) is 42.5 Å². The van der Waals surface area contributed by atoms with Gasteiger partial charge in [0.25, 0.3) is 5.91 Å². The fourth-order valence-corrected chi connectivity index (χ4v) is 4.24. The first kappa shape index (κ1) is 22.5. The van der Waals surface area contributed by atoms with Crippen molar-refractivity contribution in [2.75, 3.05) is 24.5 Å². The maximum atomic E-state index is 12.8. The van der Waals surface area contributed by atoms with Crippen molar-refractivity contribution in [3.8, 4) is 12.3 Å². The Kier molecular flexibility index (Phi) is 7.31. The number of aliphatic hydroxyl groups is 1. The van der Waals surface area contributed by atoms with E-state index in [1.54, 1.807) is 11.0 Å². The zero-order valence-electron chi connectivity index (χ0n) is 17.2. The number of anilines is 1. The van der Waals surface area contributed by atoms with E-state index < -0.39 is 6.10 Å². The summed E-state index contributed by atoms with van der Waals surface area (Å²) in [6.45, 7) is 5.52. The Morgan fingerprint density at radius 1 is 1.20 bits per heavy atom. The van der Waals surface area contributed by atoms with Crippen molar-refractivity contribution < 1.29 is 9.90 Å². The second kappa shape index (κ2) is 9.75. The Morgan fingerprint density at radius 2 is 1.90 bits per heavy atom. The van der Waals surface area contributed by atoms with Crippen molar-refractivity contribution in [2.45, 2.75) is 32.4 Å². The molecule has 3 rings (SSSR count). The van der Waals surface area contributed by atoms with Crippen molar-refractivity contribution in [3.63, 3.8) is 0 Å². The van der Waals surface area contributed by atoms with E-state index >= 15 is 0 Å². The highest BCUT2D eigenvalue weighted by Gasteiger charge is 2.34. The molecule has 1 fully saturated rings. The molecule has 4 nitrogen and oxygen atoms in total. The van der Waals surface area contributed by atoms with Gasteiger partial charge in [-0.05, 0) is 48.2 Å². The molecule has 0 aromatic heterocycles. The molecule has 1 heterocycles. The third kappa shape index (κ3) is 5.10. The lowest BCUT2D eigenvalue weighted by Gasteiger charge is -2.44. The molecule has 158 valence electrons. The van der Waals surface area contributed by atoms with Crippen molar-refractivity contribution in [3.05, 3.63) is 63.6 Å². The maximum absolute atomic E-state index is 12.8.